The number of hydrogen-bond acceptors (Lipinski definition) is 1. The summed E-state index contributed by atoms with van der Waals surface area (Å²) in [5.41, 5.74) is 0. The van der Waals surface area contributed by atoms with Crippen LogP contribution in [-0.2, 0) is 0 Å². The lowest BCUT2D eigenvalue weighted by molar-refractivity contribution is 0.0661. The number of aliphatic hydroxyl groups is 1. The summed E-state index contributed by atoms with van der Waals surface area (Å²) in [6.45, 7) is 4.29. The van der Waals surface area contributed by atoms with E-state index in [2.05, 4.69) is 13.8 Å². The van der Waals surface area contributed by atoms with Crippen molar-refractivity contribution in [2.45, 2.75) is 58.5 Å². The Balaban J connectivity index is 2.33. The Hall–Kier alpha value is -0.0400. The van der Waals surface area contributed by atoms with Gasteiger partial charge in [-0.2, -0.15) is 0 Å². The lowest BCUT2D eigenvalue weighted by Gasteiger charge is -2.30. The molecule has 0 radical (unpaired) electrons. The molecule has 12 heavy (non-hydrogen) atoms. The average Bonchev–Trinajstić information content (AvgIpc) is 2.17. The van der Waals surface area contributed by atoms with Gasteiger partial charge in [0.15, 0.2) is 0 Å². The predicted octanol–water partition coefficient (Wildman–Crippen LogP) is 2.97. The molecule has 0 aromatic heterocycles. The van der Waals surface area contributed by atoms with Crippen LogP contribution in [0.5, 0.6) is 0 Å². The Morgan fingerprint density at radius 3 is 2.33 bits per heavy atom. The van der Waals surface area contributed by atoms with Crippen molar-refractivity contribution in [2.24, 2.45) is 11.8 Å². The molecular formula is C11H22O. The van der Waals surface area contributed by atoms with Crippen molar-refractivity contribution in [3.8, 4) is 0 Å². The Morgan fingerprint density at radius 2 is 1.83 bits per heavy atom. The highest BCUT2D eigenvalue weighted by Gasteiger charge is 2.24. The van der Waals surface area contributed by atoms with Crippen LogP contribution in [0, 0.1) is 11.8 Å². The standard InChI is InChI=1S/C11H22O/c1-3-11(12)9(2)10-7-5-4-6-8-10/h9-12H,3-8H2,1-2H3. The molecule has 1 fully saturated rings. The van der Waals surface area contributed by atoms with Crippen molar-refractivity contribution in [2.75, 3.05) is 0 Å². The zero-order valence-electron chi connectivity index (χ0n) is 8.42. The van der Waals surface area contributed by atoms with Gasteiger partial charge in [-0.1, -0.05) is 46.0 Å². The van der Waals surface area contributed by atoms with E-state index in [1.807, 2.05) is 0 Å². The topological polar surface area (TPSA) is 20.2 Å². The minimum Gasteiger partial charge on any atom is -0.393 e. The van der Waals surface area contributed by atoms with Gasteiger partial charge in [0.2, 0.25) is 0 Å². The summed E-state index contributed by atoms with van der Waals surface area (Å²) >= 11 is 0. The van der Waals surface area contributed by atoms with Crippen LogP contribution in [0.3, 0.4) is 0 Å². The van der Waals surface area contributed by atoms with E-state index in [4.69, 9.17) is 0 Å². The maximum absolute atomic E-state index is 9.68. The molecule has 2 unspecified atom stereocenters. The first-order valence-electron chi connectivity index (χ1n) is 5.43. The maximum Gasteiger partial charge on any atom is 0.0565 e. The van der Waals surface area contributed by atoms with Gasteiger partial charge in [0.1, 0.15) is 0 Å². The van der Waals surface area contributed by atoms with Crippen molar-refractivity contribution in [3.63, 3.8) is 0 Å². The number of rotatable bonds is 3. The summed E-state index contributed by atoms with van der Waals surface area (Å²) in [7, 11) is 0. The zero-order chi connectivity index (χ0) is 8.97. The lowest BCUT2D eigenvalue weighted by atomic mass is 9.78. The third kappa shape index (κ3) is 2.48. The number of hydrogen-bond donors (Lipinski definition) is 1. The average molecular weight is 170 g/mol. The summed E-state index contributed by atoms with van der Waals surface area (Å²) in [4.78, 5) is 0. The molecule has 0 aromatic rings. The molecule has 1 heteroatoms. The second-order valence-electron chi connectivity index (χ2n) is 4.23. The van der Waals surface area contributed by atoms with Crippen LogP contribution >= 0.6 is 0 Å². The Bertz CT molecular complexity index is 116. The Kier molecular flexibility index (Phi) is 4.07. The molecule has 0 heterocycles. The van der Waals surface area contributed by atoms with Crippen molar-refractivity contribution in [3.05, 3.63) is 0 Å². The van der Waals surface area contributed by atoms with Crippen LogP contribution in [0.15, 0.2) is 0 Å². The maximum atomic E-state index is 9.68. The van der Waals surface area contributed by atoms with Gasteiger partial charge in [-0.15, -0.1) is 0 Å². The van der Waals surface area contributed by atoms with Crippen LogP contribution < -0.4 is 0 Å². The molecule has 1 saturated carbocycles. The van der Waals surface area contributed by atoms with E-state index in [0.29, 0.717) is 5.92 Å². The molecule has 72 valence electrons. The second-order valence-corrected chi connectivity index (χ2v) is 4.23. The van der Waals surface area contributed by atoms with E-state index in [-0.39, 0.29) is 6.10 Å². The monoisotopic (exact) mass is 170 g/mol. The van der Waals surface area contributed by atoms with Gasteiger partial charge in [0, 0.05) is 0 Å². The van der Waals surface area contributed by atoms with Crippen LogP contribution in [0.1, 0.15) is 52.4 Å². The fourth-order valence-corrected chi connectivity index (χ4v) is 2.35. The smallest absolute Gasteiger partial charge is 0.0565 e. The predicted molar refractivity (Wildman–Crippen MR) is 52.0 cm³/mol. The minimum atomic E-state index is -0.0619. The molecular weight excluding hydrogens is 148 g/mol. The summed E-state index contributed by atoms with van der Waals surface area (Å²) in [6.07, 6.45) is 7.71. The normalized spacial score (nSPS) is 25.2. The molecule has 1 nitrogen and oxygen atoms in total. The highest BCUT2D eigenvalue weighted by molar-refractivity contribution is 4.75. The second kappa shape index (κ2) is 4.86. The van der Waals surface area contributed by atoms with Gasteiger partial charge in [-0.05, 0) is 18.3 Å². The molecule has 2 atom stereocenters. The lowest BCUT2D eigenvalue weighted by Crippen LogP contribution is -2.26. The fourth-order valence-electron chi connectivity index (χ4n) is 2.35. The van der Waals surface area contributed by atoms with Crippen LogP contribution in [-0.4, -0.2) is 11.2 Å². The van der Waals surface area contributed by atoms with E-state index in [1.54, 1.807) is 0 Å². The van der Waals surface area contributed by atoms with E-state index >= 15 is 0 Å². The van der Waals surface area contributed by atoms with E-state index < -0.39 is 0 Å². The van der Waals surface area contributed by atoms with Crippen molar-refractivity contribution < 1.29 is 5.11 Å². The van der Waals surface area contributed by atoms with Crippen molar-refractivity contribution >= 4 is 0 Å². The highest BCUT2D eigenvalue weighted by atomic mass is 16.3. The van der Waals surface area contributed by atoms with E-state index in [1.165, 1.54) is 32.1 Å². The summed E-state index contributed by atoms with van der Waals surface area (Å²) < 4.78 is 0. The first-order chi connectivity index (χ1) is 5.75. The molecule has 0 aromatic carbocycles. The fraction of sp³-hybridized carbons (Fsp3) is 1.00. The van der Waals surface area contributed by atoms with Gasteiger partial charge in [0.05, 0.1) is 6.10 Å². The molecule has 0 amide bonds. The SMILES string of the molecule is CCC(O)C(C)C1CCCCC1. The largest absolute Gasteiger partial charge is 0.393 e. The van der Waals surface area contributed by atoms with E-state index in [9.17, 15) is 5.11 Å². The first kappa shape index (κ1) is 10.0. The molecule has 1 aliphatic carbocycles. The third-order valence-corrected chi connectivity index (χ3v) is 3.42. The molecule has 1 N–H and O–H groups in total. The minimum absolute atomic E-state index is 0.0619. The highest BCUT2D eigenvalue weighted by Crippen LogP contribution is 2.32. The molecule has 0 saturated heterocycles. The van der Waals surface area contributed by atoms with Crippen LogP contribution in [0.2, 0.25) is 0 Å². The van der Waals surface area contributed by atoms with E-state index in [0.717, 1.165) is 12.3 Å². The van der Waals surface area contributed by atoms with Gasteiger partial charge < -0.3 is 5.11 Å². The van der Waals surface area contributed by atoms with Crippen LogP contribution in [0.4, 0.5) is 0 Å². The van der Waals surface area contributed by atoms with Crippen LogP contribution in [0.25, 0.3) is 0 Å². The summed E-state index contributed by atoms with van der Waals surface area (Å²) in [5, 5.41) is 9.68. The zero-order valence-corrected chi connectivity index (χ0v) is 8.42. The first-order valence-corrected chi connectivity index (χ1v) is 5.43. The quantitative estimate of drug-likeness (QED) is 0.690. The molecule has 1 rings (SSSR count). The van der Waals surface area contributed by atoms with Crippen molar-refractivity contribution in [1.82, 2.24) is 0 Å². The third-order valence-electron chi connectivity index (χ3n) is 3.42. The summed E-state index contributed by atoms with van der Waals surface area (Å²) in [6, 6.07) is 0. The Morgan fingerprint density at radius 1 is 1.25 bits per heavy atom. The van der Waals surface area contributed by atoms with Gasteiger partial charge in [-0.25, -0.2) is 0 Å². The molecule has 0 spiro atoms. The Labute approximate surface area is 76.2 Å². The van der Waals surface area contributed by atoms with Gasteiger partial charge in [-0.3, -0.25) is 0 Å². The molecule has 0 aliphatic heterocycles. The van der Waals surface area contributed by atoms with Crippen molar-refractivity contribution in [1.29, 1.82) is 0 Å². The summed E-state index contributed by atoms with van der Waals surface area (Å²) in [5.74, 6) is 1.32. The van der Waals surface area contributed by atoms with Gasteiger partial charge >= 0.3 is 0 Å². The number of aliphatic hydroxyl groups excluding tert-OH is 1. The molecule has 1 aliphatic rings. The van der Waals surface area contributed by atoms with Gasteiger partial charge in [0.25, 0.3) is 0 Å². The molecule has 0 bridgehead atoms.